The first-order valence-corrected chi connectivity index (χ1v) is 7.33. The van der Waals surface area contributed by atoms with Gasteiger partial charge in [0.1, 0.15) is 0 Å². The minimum Gasteiger partial charge on any atom is -0.478 e. The second-order valence-electron chi connectivity index (χ2n) is 4.65. The number of benzene rings is 2. The maximum Gasteiger partial charge on any atom is 0.337 e. The van der Waals surface area contributed by atoms with Gasteiger partial charge in [-0.3, -0.25) is 0 Å². The Bertz CT molecular complexity index is 689. The molecule has 0 unspecified atom stereocenters. The van der Waals surface area contributed by atoms with E-state index in [1.165, 1.54) is 0 Å². The Kier molecular flexibility index (Phi) is 4.75. The van der Waals surface area contributed by atoms with Crippen LogP contribution in [0.3, 0.4) is 0 Å². The smallest absolute Gasteiger partial charge is 0.337 e. The summed E-state index contributed by atoms with van der Waals surface area (Å²) in [7, 11) is 3.76. The lowest BCUT2D eigenvalue weighted by Gasteiger charge is -2.20. The molecular formula is C15H14BrClN2O2. The summed E-state index contributed by atoms with van der Waals surface area (Å²) in [5.74, 6) is -0.993. The average Bonchev–Trinajstić information content (AvgIpc) is 2.40. The highest BCUT2D eigenvalue weighted by Gasteiger charge is 2.14. The topological polar surface area (TPSA) is 52.6 Å². The zero-order valence-corrected chi connectivity index (χ0v) is 13.9. The van der Waals surface area contributed by atoms with Crippen LogP contribution in [0.1, 0.15) is 10.4 Å². The molecule has 0 saturated carbocycles. The fraction of sp³-hybridized carbons (Fsp3) is 0.133. The van der Waals surface area contributed by atoms with E-state index < -0.39 is 5.97 Å². The lowest BCUT2D eigenvalue weighted by atomic mass is 10.1. The van der Waals surface area contributed by atoms with E-state index >= 15 is 0 Å². The molecule has 2 rings (SSSR count). The van der Waals surface area contributed by atoms with Crippen molar-refractivity contribution in [2.75, 3.05) is 24.3 Å². The third-order valence-electron chi connectivity index (χ3n) is 2.92. The van der Waals surface area contributed by atoms with Crippen LogP contribution < -0.4 is 10.2 Å². The number of hydrogen-bond donors (Lipinski definition) is 2. The lowest BCUT2D eigenvalue weighted by molar-refractivity contribution is 0.0698. The molecule has 0 atom stereocenters. The third kappa shape index (κ3) is 3.49. The summed E-state index contributed by atoms with van der Waals surface area (Å²) in [6.07, 6.45) is 0. The minimum absolute atomic E-state index is 0.189. The van der Waals surface area contributed by atoms with Crippen LogP contribution >= 0.6 is 27.5 Å². The number of hydrogen-bond acceptors (Lipinski definition) is 3. The number of halogens is 2. The normalized spacial score (nSPS) is 10.3. The number of rotatable bonds is 4. The number of nitrogens with zero attached hydrogens (tertiary/aromatic N) is 1. The van der Waals surface area contributed by atoms with E-state index in [4.69, 9.17) is 11.6 Å². The van der Waals surface area contributed by atoms with Gasteiger partial charge in [-0.25, -0.2) is 4.79 Å². The second kappa shape index (κ2) is 6.37. The molecule has 0 amide bonds. The van der Waals surface area contributed by atoms with Gasteiger partial charge in [-0.1, -0.05) is 33.6 Å². The predicted molar refractivity (Wildman–Crippen MR) is 90.2 cm³/mol. The van der Waals surface area contributed by atoms with E-state index in [-0.39, 0.29) is 5.56 Å². The van der Waals surface area contributed by atoms with Crippen molar-refractivity contribution in [3.63, 3.8) is 0 Å². The Morgan fingerprint density at radius 2 is 1.95 bits per heavy atom. The minimum atomic E-state index is -0.993. The molecule has 110 valence electrons. The number of para-hydroxylation sites is 1. The van der Waals surface area contributed by atoms with E-state index in [2.05, 4.69) is 21.2 Å². The highest BCUT2D eigenvalue weighted by atomic mass is 79.9. The first-order chi connectivity index (χ1) is 9.90. The van der Waals surface area contributed by atoms with Crippen molar-refractivity contribution in [1.29, 1.82) is 0 Å². The molecular weight excluding hydrogens is 356 g/mol. The van der Waals surface area contributed by atoms with Gasteiger partial charge in [-0.15, -0.1) is 0 Å². The molecule has 0 fully saturated rings. The van der Waals surface area contributed by atoms with E-state index in [1.807, 2.05) is 31.1 Å². The van der Waals surface area contributed by atoms with Crippen LogP contribution in [0.4, 0.5) is 17.1 Å². The SMILES string of the molecule is CN(C)c1c(Cl)cccc1Nc1ccc(Br)cc1C(=O)O. The molecule has 0 saturated heterocycles. The lowest BCUT2D eigenvalue weighted by Crippen LogP contribution is -2.12. The molecule has 2 aromatic rings. The summed E-state index contributed by atoms with van der Waals surface area (Å²) in [6.45, 7) is 0. The van der Waals surface area contributed by atoms with E-state index in [0.29, 0.717) is 15.2 Å². The van der Waals surface area contributed by atoms with Gasteiger partial charge in [0.05, 0.1) is 27.6 Å². The summed E-state index contributed by atoms with van der Waals surface area (Å²) in [4.78, 5) is 13.2. The summed E-state index contributed by atoms with van der Waals surface area (Å²) in [5.41, 5.74) is 2.25. The van der Waals surface area contributed by atoms with Crippen molar-refractivity contribution >= 4 is 50.6 Å². The maximum absolute atomic E-state index is 11.4. The van der Waals surface area contributed by atoms with Crippen molar-refractivity contribution in [2.45, 2.75) is 0 Å². The predicted octanol–water partition coefficient (Wildman–Crippen LogP) is 4.61. The monoisotopic (exact) mass is 368 g/mol. The Balaban J connectivity index is 2.49. The molecule has 0 spiro atoms. The van der Waals surface area contributed by atoms with Crippen LogP contribution in [-0.2, 0) is 0 Å². The Morgan fingerprint density at radius 3 is 2.57 bits per heavy atom. The molecule has 21 heavy (non-hydrogen) atoms. The quantitative estimate of drug-likeness (QED) is 0.826. The highest BCUT2D eigenvalue weighted by molar-refractivity contribution is 9.10. The Hall–Kier alpha value is -1.72. The molecule has 0 bridgehead atoms. The summed E-state index contributed by atoms with van der Waals surface area (Å²) < 4.78 is 0.712. The van der Waals surface area contributed by atoms with Crippen molar-refractivity contribution in [2.24, 2.45) is 0 Å². The van der Waals surface area contributed by atoms with Crippen molar-refractivity contribution < 1.29 is 9.90 Å². The summed E-state index contributed by atoms with van der Waals surface area (Å²) in [6, 6.07) is 10.5. The number of anilines is 3. The zero-order valence-electron chi connectivity index (χ0n) is 11.5. The van der Waals surface area contributed by atoms with Gasteiger partial charge in [-0.2, -0.15) is 0 Å². The molecule has 2 N–H and O–H groups in total. The fourth-order valence-electron chi connectivity index (χ4n) is 2.02. The van der Waals surface area contributed by atoms with Gasteiger partial charge in [-0.05, 0) is 30.3 Å². The number of aromatic carboxylic acids is 1. The van der Waals surface area contributed by atoms with E-state index in [0.717, 1.165) is 11.4 Å². The van der Waals surface area contributed by atoms with Gasteiger partial charge in [0, 0.05) is 18.6 Å². The Morgan fingerprint density at radius 1 is 1.24 bits per heavy atom. The molecule has 2 aromatic carbocycles. The van der Waals surface area contributed by atoms with Gasteiger partial charge >= 0.3 is 5.97 Å². The maximum atomic E-state index is 11.4. The third-order valence-corrected chi connectivity index (χ3v) is 3.71. The van der Waals surface area contributed by atoms with Crippen LogP contribution in [-0.4, -0.2) is 25.2 Å². The molecule has 4 nitrogen and oxygen atoms in total. The molecule has 0 aliphatic rings. The van der Waals surface area contributed by atoms with Gasteiger partial charge in [0.25, 0.3) is 0 Å². The summed E-state index contributed by atoms with van der Waals surface area (Å²) >= 11 is 9.49. The van der Waals surface area contributed by atoms with Crippen LogP contribution in [0.2, 0.25) is 5.02 Å². The van der Waals surface area contributed by atoms with Crippen molar-refractivity contribution in [3.8, 4) is 0 Å². The summed E-state index contributed by atoms with van der Waals surface area (Å²) in [5, 5.41) is 13.0. The first kappa shape index (κ1) is 15.7. The second-order valence-corrected chi connectivity index (χ2v) is 5.97. The van der Waals surface area contributed by atoms with Crippen LogP contribution in [0.25, 0.3) is 0 Å². The van der Waals surface area contributed by atoms with Crippen molar-refractivity contribution in [3.05, 3.63) is 51.5 Å². The number of carboxylic acid groups (broad SMARTS) is 1. The molecule has 0 radical (unpaired) electrons. The number of nitrogens with one attached hydrogen (secondary N) is 1. The molecule has 0 aliphatic carbocycles. The van der Waals surface area contributed by atoms with Crippen LogP contribution in [0.15, 0.2) is 40.9 Å². The van der Waals surface area contributed by atoms with Gasteiger partial charge < -0.3 is 15.3 Å². The largest absolute Gasteiger partial charge is 0.478 e. The van der Waals surface area contributed by atoms with E-state index in [1.54, 1.807) is 24.3 Å². The molecule has 0 heterocycles. The Labute approximate surface area is 136 Å². The molecule has 0 aliphatic heterocycles. The van der Waals surface area contributed by atoms with Gasteiger partial charge in [0.2, 0.25) is 0 Å². The fourth-order valence-corrected chi connectivity index (χ4v) is 2.72. The zero-order chi connectivity index (χ0) is 15.6. The molecule has 6 heteroatoms. The average molecular weight is 370 g/mol. The number of carbonyl (C=O) groups is 1. The number of carboxylic acids is 1. The molecule has 0 aromatic heterocycles. The highest BCUT2D eigenvalue weighted by Crippen LogP contribution is 2.35. The van der Waals surface area contributed by atoms with Gasteiger partial charge in [0.15, 0.2) is 0 Å². The van der Waals surface area contributed by atoms with Crippen LogP contribution in [0.5, 0.6) is 0 Å². The van der Waals surface area contributed by atoms with Crippen LogP contribution in [0, 0.1) is 0 Å². The van der Waals surface area contributed by atoms with E-state index in [9.17, 15) is 9.90 Å². The first-order valence-electron chi connectivity index (χ1n) is 6.16. The van der Waals surface area contributed by atoms with Crippen molar-refractivity contribution in [1.82, 2.24) is 0 Å². The standard InChI is InChI=1S/C15H14BrClN2O2/c1-19(2)14-11(17)4-3-5-13(14)18-12-7-6-9(16)8-10(12)15(20)21/h3-8,18H,1-2H3,(H,20,21).